The molecule has 2 rings (SSSR count). The number of nitrogens with zero attached hydrogens (tertiary/aromatic N) is 1. The summed E-state index contributed by atoms with van der Waals surface area (Å²) in [5.74, 6) is 0. The van der Waals surface area contributed by atoms with E-state index in [1.54, 1.807) is 0 Å². The van der Waals surface area contributed by atoms with Crippen LogP contribution in [0.4, 0.5) is 0 Å². The monoisotopic (exact) mass is 353 g/mol. The van der Waals surface area contributed by atoms with E-state index in [1.807, 2.05) is 31.2 Å². The second kappa shape index (κ2) is 7.74. The van der Waals surface area contributed by atoms with Gasteiger partial charge in [-0.3, -0.25) is 5.43 Å². The first-order valence-corrected chi connectivity index (χ1v) is 8.22. The summed E-state index contributed by atoms with van der Waals surface area (Å²) < 4.78 is 1.05. The van der Waals surface area contributed by atoms with E-state index in [0.29, 0.717) is 11.2 Å². The molecule has 0 unspecified atom stereocenters. The lowest BCUT2D eigenvalue weighted by atomic mass is 9.96. The minimum absolute atomic E-state index is 0.505. The van der Waals surface area contributed by atoms with Crippen molar-refractivity contribution in [1.82, 2.24) is 10.7 Å². The number of hydrazone groups is 1. The van der Waals surface area contributed by atoms with Crippen molar-refractivity contribution in [1.29, 1.82) is 0 Å². The molecule has 0 aromatic heterocycles. The second-order valence-corrected chi connectivity index (χ2v) is 6.45. The first kappa shape index (κ1) is 15.4. The molecule has 0 bridgehead atoms. The number of rotatable bonds is 3. The zero-order valence-electron chi connectivity index (χ0n) is 11.7. The predicted molar refractivity (Wildman–Crippen MR) is 92.1 cm³/mol. The third kappa shape index (κ3) is 4.87. The fourth-order valence-corrected chi connectivity index (χ4v) is 2.99. The van der Waals surface area contributed by atoms with Gasteiger partial charge in [0.15, 0.2) is 5.11 Å². The van der Waals surface area contributed by atoms with Gasteiger partial charge in [0.1, 0.15) is 0 Å². The number of thiocarbonyl (C=S) groups is 1. The van der Waals surface area contributed by atoms with Crippen LogP contribution in [0, 0.1) is 0 Å². The van der Waals surface area contributed by atoms with E-state index in [-0.39, 0.29) is 0 Å². The molecule has 5 heteroatoms. The molecule has 0 spiro atoms. The Bertz CT molecular complexity index is 496. The average Bonchev–Trinajstić information content (AvgIpc) is 2.46. The Hall–Kier alpha value is -0.940. The topological polar surface area (TPSA) is 36.4 Å². The van der Waals surface area contributed by atoms with Crippen LogP contribution in [0.5, 0.6) is 0 Å². The molecule has 1 saturated carbocycles. The quantitative estimate of drug-likeness (QED) is 0.490. The third-order valence-corrected chi connectivity index (χ3v) is 4.21. The zero-order chi connectivity index (χ0) is 14.4. The number of hydrogen-bond donors (Lipinski definition) is 2. The first-order valence-electron chi connectivity index (χ1n) is 7.02. The Morgan fingerprint density at radius 1 is 1.30 bits per heavy atom. The average molecular weight is 354 g/mol. The minimum atomic E-state index is 0.505. The summed E-state index contributed by atoms with van der Waals surface area (Å²) in [7, 11) is 0. The molecule has 0 heterocycles. The number of halogens is 1. The van der Waals surface area contributed by atoms with Crippen molar-refractivity contribution in [3.05, 3.63) is 34.3 Å². The summed E-state index contributed by atoms with van der Waals surface area (Å²) in [6, 6.07) is 8.57. The molecule has 0 amide bonds. The highest BCUT2D eigenvalue weighted by atomic mass is 79.9. The normalized spacial score (nSPS) is 16.8. The lowest BCUT2D eigenvalue weighted by Gasteiger charge is -2.23. The summed E-state index contributed by atoms with van der Waals surface area (Å²) in [6.45, 7) is 1.97. The van der Waals surface area contributed by atoms with Crippen LogP contribution in [0.1, 0.15) is 44.6 Å². The van der Waals surface area contributed by atoms with Crippen LogP contribution >= 0.6 is 28.1 Å². The molecule has 20 heavy (non-hydrogen) atoms. The fourth-order valence-electron chi connectivity index (χ4n) is 2.38. The number of hydrogen-bond acceptors (Lipinski definition) is 2. The highest BCUT2D eigenvalue weighted by molar-refractivity contribution is 9.10. The first-order chi connectivity index (χ1) is 9.65. The zero-order valence-corrected chi connectivity index (χ0v) is 14.1. The van der Waals surface area contributed by atoms with Crippen LogP contribution in [0.2, 0.25) is 0 Å². The molecule has 0 saturated heterocycles. The van der Waals surface area contributed by atoms with Gasteiger partial charge >= 0.3 is 0 Å². The second-order valence-electron chi connectivity index (χ2n) is 5.13. The SMILES string of the molecule is CC(=NNC(=S)NC1CCCCC1)c1cccc(Br)c1. The Morgan fingerprint density at radius 3 is 2.75 bits per heavy atom. The van der Waals surface area contributed by atoms with Gasteiger partial charge in [0.05, 0.1) is 5.71 Å². The van der Waals surface area contributed by atoms with E-state index < -0.39 is 0 Å². The molecule has 1 aliphatic carbocycles. The molecule has 0 atom stereocenters. The summed E-state index contributed by atoms with van der Waals surface area (Å²) in [4.78, 5) is 0. The third-order valence-electron chi connectivity index (χ3n) is 3.51. The summed E-state index contributed by atoms with van der Waals surface area (Å²) in [5.41, 5.74) is 4.93. The molecule has 1 aromatic carbocycles. The molecule has 2 N–H and O–H groups in total. The smallest absolute Gasteiger partial charge is 0.187 e. The standard InChI is InChI=1S/C15H20BrN3S/c1-11(12-6-5-7-13(16)10-12)18-19-15(20)17-14-8-3-2-4-9-14/h5-7,10,14H,2-4,8-9H2,1H3,(H2,17,19,20). The van der Waals surface area contributed by atoms with Crippen LogP contribution in [0.25, 0.3) is 0 Å². The summed E-state index contributed by atoms with van der Waals surface area (Å²) in [6.07, 6.45) is 6.34. The predicted octanol–water partition coefficient (Wildman–Crippen LogP) is 3.97. The van der Waals surface area contributed by atoms with Gasteiger partial charge < -0.3 is 5.32 Å². The van der Waals surface area contributed by atoms with Crippen LogP contribution in [-0.4, -0.2) is 16.9 Å². The number of benzene rings is 1. The molecular formula is C15H20BrN3S. The minimum Gasteiger partial charge on any atom is -0.359 e. The van der Waals surface area contributed by atoms with Crippen molar-refractivity contribution in [2.45, 2.75) is 45.1 Å². The van der Waals surface area contributed by atoms with E-state index in [4.69, 9.17) is 12.2 Å². The van der Waals surface area contributed by atoms with Crippen LogP contribution in [0.15, 0.2) is 33.8 Å². The van der Waals surface area contributed by atoms with Crippen LogP contribution in [0.3, 0.4) is 0 Å². The van der Waals surface area contributed by atoms with E-state index in [9.17, 15) is 0 Å². The lowest BCUT2D eigenvalue weighted by molar-refractivity contribution is 0.412. The van der Waals surface area contributed by atoms with Crippen molar-refractivity contribution in [2.24, 2.45) is 5.10 Å². The number of nitrogens with one attached hydrogen (secondary N) is 2. The largest absolute Gasteiger partial charge is 0.359 e. The summed E-state index contributed by atoms with van der Waals surface area (Å²) >= 11 is 8.75. The van der Waals surface area contributed by atoms with E-state index >= 15 is 0 Å². The molecule has 108 valence electrons. The highest BCUT2D eigenvalue weighted by Crippen LogP contribution is 2.17. The van der Waals surface area contributed by atoms with Crippen LogP contribution < -0.4 is 10.7 Å². The van der Waals surface area contributed by atoms with Gasteiger partial charge in [-0.25, -0.2) is 0 Å². The molecule has 3 nitrogen and oxygen atoms in total. The Labute approximate surface area is 134 Å². The lowest BCUT2D eigenvalue weighted by Crippen LogP contribution is -2.41. The van der Waals surface area contributed by atoms with Crippen molar-refractivity contribution in [3.8, 4) is 0 Å². The molecule has 0 radical (unpaired) electrons. The van der Waals surface area contributed by atoms with E-state index in [0.717, 1.165) is 15.7 Å². The van der Waals surface area contributed by atoms with Crippen molar-refractivity contribution >= 4 is 39.0 Å². The van der Waals surface area contributed by atoms with Gasteiger partial charge in [0, 0.05) is 10.5 Å². The Morgan fingerprint density at radius 2 is 2.05 bits per heavy atom. The maximum atomic E-state index is 5.29. The van der Waals surface area contributed by atoms with Crippen molar-refractivity contribution in [3.63, 3.8) is 0 Å². The van der Waals surface area contributed by atoms with Crippen molar-refractivity contribution in [2.75, 3.05) is 0 Å². The highest BCUT2D eigenvalue weighted by Gasteiger charge is 2.13. The molecular weight excluding hydrogens is 334 g/mol. The Balaban J connectivity index is 1.86. The van der Waals surface area contributed by atoms with Gasteiger partial charge in [-0.15, -0.1) is 0 Å². The van der Waals surface area contributed by atoms with Gasteiger partial charge in [-0.2, -0.15) is 5.10 Å². The summed E-state index contributed by atoms with van der Waals surface area (Å²) in [5, 5.41) is 8.30. The fraction of sp³-hybridized carbons (Fsp3) is 0.467. The molecule has 0 aliphatic heterocycles. The van der Waals surface area contributed by atoms with Crippen molar-refractivity contribution < 1.29 is 0 Å². The van der Waals surface area contributed by atoms with Crippen LogP contribution in [-0.2, 0) is 0 Å². The van der Waals surface area contributed by atoms with Gasteiger partial charge in [-0.05, 0) is 49.7 Å². The molecule has 1 fully saturated rings. The molecule has 1 aliphatic rings. The Kier molecular flexibility index (Phi) is 5.98. The maximum Gasteiger partial charge on any atom is 0.187 e. The van der Waals surface area contributed by atoms with Gasteiger partial charge in [0.2, 0.25) is 0 Å². The van der Waals surface area contributed by atoms with E-state index in [2.05, 4.69) is 31.8 Å². The van der Waals surface area contributed by atoms with E-state index in [1.165, 1.54) is 32.1 Å². The van der Waals surface area contributed by atoms with Gasteiger partial charge in [-0.1, -0.05) is 47.3 Å². The molecule has 1 aromatic rings. The van der Waals surface area contributed by atoms with Gasteiger partial charge in [0.25, 0.3) is 0 Å². The maximum absolute atomic E-state index is 5.29.